The molecule has 0 spiro atoms. The number of aromatic nitrogens is 3. The van der Waals surface area contributed by atoms with Crippen molar-refractivity contribution in [2.75, 3.05) is 0 Å². The predicted octanol–water partition coefficient (Wildman–Crippen LogP) is 4.71. The summed E-state index contributed by atoms with van der Waals surface area (Å²) in [5.74, 6) is -0.712. The Morgan fingerprint density at radius 3 is 2.57 bits per heavy atom. The Balaban J connectivity index is 1.69. The SMILES string of the molecule is CC(c1nc(-c2ccc(C#N)cc2)cs1)C(O)(Cn1ccnc1)c1ccc(F)cc1. The summed E-state index contributed by atoms with van der Waals surface area (Å²) in [6.45, 7) is 2.17. The maximum Gasteiger partial charge on any atom is 0.123 e. The Morgan fingerprint density at radius 1 is 1.20 bits per heavy atom. The number of hydrogen-bond donors (Lipinski definition) is 1. The third-order valence-electron chi connectivity index (χ3n) is 5.25. The van der Waals surface area contributed by atoms with E-state index in [0.29, 0.717) is 11.1 Å². The summed E-state index contributed by atoms with van der Waals surface area (Å²) < 4.78 is 15.3. The van der Waals surface area contributed by atoms with Crippen molar-refractivity contribution in [2.24, 2.45) is 0 Å². The number of benzene rings is 2. The second-order valence-electron chi connectivity index (χ2n) is 7.15. The van der Waals surface area contributed by atoms with Crippen molar-refractivity contribution in [1.82, 2.24) is 14.5 Å². The zero-order chi connectivity index (χ0) is 21.1. The molecule has 0 fully saturated rings. The van der Waals surface area contributed by atoms with E-state index in [-0.39, 0.29) is 18.3 Å². The lowest BCUT2D eigenvalue weighted by molar-refractivity contribution is -0.00490. The van der Waals surface area contributed by atoms with Gasteiger partial charge in [-0.05, 0) is 29.8 Å². The maximum absolute atomic E-state index is 13.5. The van der Waals surface area contributed by atoms with Gasteiger partial charge in [-0.3, -0.25) is 0 Å². The zero-order valence-corrected chi connectivity index (χ0v) is 17.1. The molecular formula is C23H19FN4OS. The molecule has 2 heterocycles. The van der Waals surface area contributed by atoms with Gasteiger partial charge >= 0.3 is 0 Å². The summed E-state index contributed by atoms with van der Waals surface area (Å²) in [4.78, 5) is 8.81. The third kappa shape index (κ3) is 3.88. The first-order valence-electron chi connectivity index (χ1n) is 9.40. The Labute approximate surface area is 177 Å². The first-order valence-corrected chi connectivity index (χ1v) is 10.3. The average Bonchev–Trinajstić information content (AvgIpc) is 3.46. The molecule has 0 aliphatic carbocycles. The van der Waals surface area contributed by atoms with Crippen LogP contribution in [0.2, 0.25) is 0 Å². The molecule has 30 heavy (non-hydrogen) atoms. The molecule has 2 aromatic carbocycles. The van der Waals surface area contributed by atoms with Crippen LogP contribution in [-0.4, -0.2) is 19.6 Å². The fourth-order valence-corrected chi connectivity index (χ4v) is 4.39. The number of imidazole rings is 1. The molecular weight excluding hydrogens is 399 g/mol. The fourth-order valence-electron chi connectivity index (χ4n) is 3.41. The smallest absolute Gasteiger partial charge is 0.123 e. The zero-order valence-electron chi connectivity index (χ0n) is 16.2. The Kier molecular flexibility index (Phi) is 5.44. The van der Waals surface area contributed by atoms with E-state index in [1.165, 1.54) is 23.5 Å². The van der Waals surface area contributed by atoms with E-state index in [9.17, 15) is 9.50 Å². The van der Waals surface area contributed by atoms with Crippen LogP contribution in [-0.2, 0) is 12.1 Å². The highest BCUT2D eigenvalue weighted by Crippen LogP contribution is 2.40. The number of nitrogens with zero attached hydrogens (tertiary/aromatic N) is 4. The molecule has 0 saturated carbocycles. The number of hydrogen-bond acceptors (Lipinski definition) is 5. The van der Waals surface area contributed by atoms with Gasteiger partial charge in [-0.1, -0.05) is 31.2 Å². The molecule has 2 unspecified atom stereocenters. The van der Waals surface area contributed by atoms with Gasteiger partial charge in [0.25, 0.3) is 0 Å². The van der Waals surface area contributed by atoms with Crippen molar-refractivity contribution in [3.8, 4) is 17.3 Å². The van der Waals surface area contributed by atoms with Crippen molar-refractivity contribution in [3.05, 3.63) is 94.6 Å². The Bertz CT molecular complexity index is 1160. The third-order valence-corrected chi connectivity index (χ3v) is 6.27. The summed E-state index contributed by atoms with van der Waals surface area (Å²) in [6, 6.07) is 15.3. The summed E-state index contributed by atoms with van der Waals surface area (Å²) >= 11 is 1.46. The topological polar surface area (TPSA) is 74.7 Å². The number of halogens is 1. The van der Waals surface area contributed by atoms with Crippen LogP contribution in [0, 0.1) is 17.1 Å². The van der Waals surface area contributed by atoms with E-state index in [1.54, 1.807) is 47.6 Å². The predicted molar refractivity (Wildman–Crippen MR) is 113 cm³/mol. The molecule has 0 radical (unpaired) electrons. The molecule has 0 aliphatic heterocycles. The van der Waals surface area contributed by atoms with E-state index in [2.05, 4.69) is 11.1 Å². The fraction of sp³-hybridized carbons (Fsp3) is 0.174. The van der Waals surface area contributed by atoms with E-state index in [1.807, 2.05) is 24.4 Å². The van der Waals surface area contributed by atoms with Gasteiger partial charge in [-0.2, -0.15) is 5.26 Å². The summed E-state index contributed by atoms with van der Waals surface area (Å²) in [5.41, 5.74) is 1.58. The molecule has 2 atom stereocenters. The van der Waals surface area contributed by atoms with Crippen LogP contribution in [0.5, 0.6) is 0 Å². The quantitative estimate of drug-likeness (QED) is 0.492. The van der Waals surface area contributed by atoms with Gasteiger partial charge in [-0.15, -0.1) is 11.3 Å². The second-order valence-corrected chi connectivity index (χ2v) is 8.04. The first kappa shape index (κ1) is 20.0. The molecule has 0 amide bonds. The number of thiazole rings is 1. The highest BCUT2D eigenvalue weighted by molar-refractivity contribution is 7.10. The van der Waals surface area contributed by atoms with Crippen LogP contribution < -0.4 is 0 Å². The lowest BCUT2D eigenvalue weighted by atomic mass is 9.82. The molecule has 150 valence electrons. The van der Waals surface area contributed by atoms with Crippen LogP contribution in [0.15, 0.2) is 72.6 Å². The lowest BCUT2D eigenvalue weighted by Crippen LogP contribution is -2.36. The van der Waals surface area contributed by atoms with Gasteiger partial charge in [0.05, 0.1) is 35.2 Å². The monoisotopic (exact) mass is 418 g/mol. The van der Waals surface area contributed by atoms with E-state index >= 15 is 0 Å². The van der Waals surface area contributed by atoms with E-state index in [0.717, 1.165) is 16.3 Å². The van der Waals surface area contributed by atoms with E-state index in [4.69, 9.17) is 10.2 Å². The van der Waals surface area contributed by atoms with Gasteiger partial charge < -0.3 is 9.67 Å². The van der Waals surface area contributed by atoms with Crippen LogP contribution in [0.25, 0.3) is 11.3 Å². The number of rotatable bonds is 6. The molecule has 5 nitrogen and oxygen atoms in total. The van der Waals surface area contributed by atoms with Crippen molar-refractivity contribution in [1.29, 1.82) is 5.26 Å². The van der Waals surface area contributed by atoms with Crippen molar-refractivity contribution < 1.29 is 9.50 Å². The minimum atomic E-state index is -1.31. The van der Waals surface area contributed by atoms with Crippen molar-refractivity contribution >= 4 is 11.3 Å². The summed E-state index contributed by atoms with van der Waals surface area (Å²) in [6.07, 6.45) is 5.08. The Hall–Kier alpha value is -3.34. The van der Waals surface area contributed by atoms with Gasteiger partial charge in [0.1, 0.15) is 11.4 Å². The molecule has 7 heteroatoms. The largest absolute Gasteiger partial charge is 0.383 e. The first-order chi connectivity index (χ1) is 14.5. The van der Waals surface area contributed by atoms with Crippen LogP contribution in [0.1, 0.15) is 29.0 Å². The molecule has 4 rings (SSSR count). The highest BCUT2D eigenvalue weighted by atomic mass is 32.1. The standard InChI is InChI=1S/C23H19FN4OS/c1-16(22-27-21(13-30-22)18-4-2-17(12-25)3-5-18)23(29,14-28-11-10-26-15-28)19-6-8-20(24)9-7-19/h2-11,13,15-16,29H,14H2,1H3. The summed E-state index contributed by atoms with van der Waals surface area (Å²) in [5, 5.41) is 23.5. The minimum Gasteiger partial charge on any atom is -0.383 e. The maximum atomic E-state index is 13.5. The summed E-state index contributed by atoms with van der Waals surface area (Å²) in [7, 11) is 0. The molecule has 0 aliphatic rings. The molecule has 2 aromatic heterocycles. The van der Waals surface area contributed by atoms with Crippen LogP contribution >= 0.6 is 11.3 Å². The lowest BCUT2D eigenvalue weighted by Gasteiger charge is -2.34. The van der Waals surface area contributed by atoms with Crippen molar-refractivity contribution in [3.63, 3.8) is 0 Å². The van der Waals surface area contributed by atoms with Crippen LogP contribution in [0.3, 0.4) is 0 Å². The van der Waals surface area contributed by atoms with Gasteiger partial charge in [0, 0.05) is 29.3 Å². The van der Waals surface area contributed by atoms with Gasteiger partial charge in [0.15, 0.2) is 0 Å². The second kappa shape index (κ2) is 8.19. The van der Waals surface area contributed by atoms with Crippen molar-refractivity contribution in [2.45, 2.75) is 25.0 Å². The number of aliphatic hydroxyl groups is 1. The van der Waals surface area contributed by atoms with Gasteiger partial charge in [0.2, 0.25) is 0 Å². The highest BCUT2D eigenvalue weighted by Gasteiger charge is 2.39. The normalized spacial score (nSPS) is 14.1. The Morgan fingerprint density at radius 2 is 1.93 bits per heavy atom. The molecule has 0 saturated heterocycles. The number of nitriles is 1. The van der Waals surface area contributed by atoms with Crippen LogP contribution in [0.4, 0.5) is 4.39 Å². The molecule has 4 aromatic rings. The average molecular weight is 418 g/mol. The van der Waals surface area contributed by atoms with Gasteiger partial charge in [-0.25, -0.2) is 14.4 Å². The molecule has 0 bridgehead atoms. The van der Waals surface area contributed by atoms with E-state index < -0.39 is 5.60 Å². The minimum absolute atomic E-state index is 0.256. The molecule has 1 N–H and O–H groups in total.